The number of carbonyl (C=O) groups is 3. The highest BCUT2D eigenvalue weighted by atomic mass is 19.1. The topological polar surface area (TPSA) is 114 Å². The second kappa shape index (κ2) is 12.4. The number of hydrogen-bond donors (Lipinski definition) is 2. The van der Waals surface area contributed by atoms with Gasteiger partial charge in [-0.05, 0) is 62.1 Å². The maximum atomic E-state index is 13.5. The summed E-state index contributed by atoms with van der Waals surface area (Å²) >= 11 is 0. The third-order valence-electron chi connectivity index (χ3n) is 6.61. The van der Waals surface area contributed by atoms with Crippen LogP contribution in [0.5, 0.6) is 0 Å². The maximum absolute atomic E-state index is 13.5. The van der Waals surface area contributed by atoms with Gasteiger partial charge in [-0.3, -0.25) is 14.4 Å². The van der Waals surface area contributed by atoms with Gasteiger partial charge in [0.15, 0.2) is 5.78 Å². The largest absolute Gasteiger partial charge is 0.453 e. The molecular weight excluding hydrogens is 491 g/mol. The number of amides is 2. The Balaban J connectivity index is 1.42. The van der Waals surface area contributed by atoms with E-state index in [2.05, 4.69) is 15.0 Å². The number of halogens is 1. The average Bonchev–Trinajstić information content (AvgIpc) is 3.57. The van der Waals surface area contributed by atoms with Crippen molar-refractivity contribution >= 4 is 28.7 Å². The van der Waals surface area contributed by atoms with Gasteiger partial charge in [0.05, 0.1) is 19.7 Å². The molecule has 38 heavy (non-hydrogen) atoms. The summed E-state index contributed by atoms with van der Waals surface area (Å²) < 4.78 is 19.7. The Morgan fingerprint density at radius 1 is 1.18 bits per heavy atom. The smallest absolute Gasteiger partial charge is 0.407 e. The van der Waals surface area contributed by atoms with E-state index in [9.17, 15) is 23.6 Å². The summed E-state index contributed by atoms with van der Waals surface area (Å²) in [6, 6.07) is 8.58. The van der Waals surface area contributed by atoms with Crippen molar-refractivity contribution in [3.8, 4) is 0 Å². The number of allylic oxidation sites excluding steroid dienone is 1. The molecule has 0 aliphatic carbocycles. The first-order valence-electron chi connectivity index (χ1n) is 12.6. The molecule has 3 aromatic rings. The number of aromatic amines is 1. The molecule has 2 amide bonds. The van der Waals surface area contributed by atoms with E-state index in [0.29, 0.717) is 11.8 Å². The number of nitrogens with one attached hydrogen (secondary N) is 2. The Morgan fingerprint density at radius 2 is 1.97 bits per heavy atom. The molecule has 1 fully saturated rings. The SMILES string of the molecule is COC(=O)N[C@@H](CC/C=C/C(=O)N1CCCC1)C(=O)Cc1cccn(Cc2cc3cc(F)ccc3[nH]2)c1=O. The van der Waals surface area contributed by atoms with Gasteiger partial charge in [0, 0.05) is 47.9 Å². The zero-order valence-corrected chi connectivity index (χ0v) is 21.2. The first-order valence-corrected chi connectivity index (χ1v) is 12.6. The van der Waals surface area contributed by atoms with Crippen LogP contribution in [0.2, 0.25) is 0 Å². The van der Waals surface area contributed by atoms with Crippen LogP contribution in [-0.2, 0) is 27.3 Å². The number of benzene rings is 1. The van der Waals surface area contributed by atoms with Gasteiger partial charge in [0.1, 0.15) is 5.82 Å². The Bertz CT molecular complexity index is 1400. The van der Waals surface area contributed by atoms with Crippen LogP contribution >= 0.6 is 0 Å². The van der Waals surface area contributed by atoms with Crippen LogP contribution in [0, 0.1) is 5.82 Å². The maximum Gasteiger partial charge on any atom is 0.407 e. The molecule has 2 aromatic heterocycles. The molecule has 0 spiro atoms. The molecule has 1 atom stereocenters. The number of ether oxygens (including phenoxy) is 1. The van der Waals surface area contributed by atoms with Crippen molar-refractivity contribution in [2.45, 2.75) is 44.7 Å². The van der Waals surface area contributed by atoms with Crippen molar-refractivity contribution in [2.24, 2.45) is 0 Å². The van der Waals surface area contributed by atoms with E-state index in [4.69, 9.17) is 0 Å². The highest BCUT2D eigenvalue weighted by Crippen LogP contribution is 2.17. The summed E-state index contributed by atoms with van der Waals surface area (Å²) in [4.78, 5) is 55.2. The Kier molecular flexibility index (Phi) is 8.73. The number of pyridine rings is 1. The minimum Gasteiger partial charge on any atom is -0.453 e. The van der Waals surface area contributed by atoms with Gasteiger partial charge in [-0.2, -0.15) is 0 Å². The quantitative estimate of drug-likeness (QED) is 0.397. The summed E-state index contributed by atoms with van der Waals surface area (Å²) in [5, 5.41) is 3.24. The van der Waals surface area contributed by atoms with Crippen molar-refractivity contribution in [1.29, 1.82) is 0 Å². The zero-order valence-electron chi connectivity index (χ0n) is 21.2. The summed E-state index contributed by atoms with van der Waals surface area (Å²) in [6.45, 7) is 1.72. The number of rotatable bonds is 10. The molecular formula is C28H31FN4O5. The number of methoxy groups -OCH3 is 1. The molecule has 200 valence electrons. The van der Waals surface area contributed by atoms with Crippen molar-refractivity contribution in [1.82, 2.24) is 19.8 Å². The first kappa shape index (κ1) is 26.8. The van der Waals surface area contributed by atoms with Crippen molar-refractivity contribution < 1.29 is 23.5 Å². The summed E-state index contributed by atoms with van der Waals surface area (Å²) in [5.41, 5.74) is 1.43. The highest BCUT2D eigenvalue weighted by molar-refractivity contribution is 5.89. The Hall–Kier alpha value is -4.21. The van der Waals surface area contributed by atoms with Crippen LogP contribution < -0.4 is 10.9 Å². The lowest BCUT2D eigenvalue weighted by atomic mass is 10.0. The van der Waals surface area contributed by atoms with E-state index in [1.165, 1.54) is 29.9 Å². The molecule has 0 radical (unpaired) electrons. The van der Waals surface area contributed by atoms with Crippen LogP contribution in [-0.4, -0.2) is 58.5 Å². The van der Waals surface area contributed by atoms with Crippen LogP contribution in [0.3, 0.4) is 0 Å². The standard InChI is InChI=1S/C28H31FN4O5/c1-38-28(37)31-24(8-2-3-9-26(35)32-12-4-5-13-32)25(34)17-19-7-6-14-33(27(19)36)18-22-16-20-15-21(29)10-11-23(20)30-22/h3,6-7,9-11,14-16,24,30H,2,4-5,8,12-13,17-18H2,1H3,(H,31,37)/b9-3+/t24-/m0/s1. The second-order valence-electron chi connectivity index (χ2n) is 9.34. The fourth-order valence-electron chi connectivity index (χ4n) is 4.59. The van der Waals surface area contributed by atoms with Gasteiger partial charge in [0.2, 0.25) is 5.91 Å². The van der Waals surface area contributed by atoms with Crippen molar-refractivity contribution in [3.05, 3.63) is 82.2 Å². The lowest BCUT2D eigenvalue weighted by Gasteiger charge is -2.16. The van der Waals surface area contributed by atoms with E-state index >= 15 is 0 Å². The number of ketones is 1. The number of likely N-dealkylation sites (tertiary alicyclic amines) is 1. The summed E-state index contributed by atoms with van der Waals surface area (Å²) in [5.74, 6) is -0.744. The van der Waals surface area contributed by atoms with Gasteiger partial charge in [-0.25, -0.2) is 9.18 Å². The predicted octanol–water partition coefficient (Wildman–Crippen LogP) is 3.31. The van der Waals surface area contributed by atoms with Gasteiger partial charge >= 0.3 is 6.09 Å². The number of carbonyl (C=O) groups excluding carboxylic acids is 3. The molecule has 9 nitrogen and oxygen atoms in total. The molecule has 3 heterocycles. The third-order valence-corrected chi connectivity index (χ3v) is 6.61. The minimum atomic E-state index is -0.884. The molecule has 10 heteroatoms. The first-order chi connectivity index (χ1) is 18.3. The van der Waals surface area contributed by atoms with Gasteiger partial charge in [-0.1, -0.05) is 12.1 Å². The fourth-order valence-corrected chi connectivity index (χ4v) is 4.59. The van der Waals surface area contributed by atoms with Gasteiger partial charge < -0.3 is 24.5 Å². The predicted molar refractivity (Wildman–Crippen MR) is 140 cm³/mol. The number of aromatic nitrogens is 2. The monoisotopic (exact) mass is 522 g/mol. The van der Waals surface area contributed by atoms with Crippen LogP contribution in [0.1, 0.15) is 36.9 Å². The molecule has 1 saturated heterocycles. The number of fused-ring (bicyclic) bond motifs is 1. The van der Waals surface area contributed by atoms with E-state index in [-0.39, 0.29) is 48.0 Å². The molecule has 0 unspecified atom stereocenters. The Morgan fingerprint density at radius 3 is 2.74 bits per heavy atom. The van der Waals surface area contributed by atoms with Crippen LogP contribution in [0.15, 0.2) is 59.5 Å². The lowest BCUT2D eigenvalue weighted by Crippen LogP contribution is -2.42. The highest BCUT2D eigenvalue weighted by Gasteiger charge is 2.22. The van der Waals surface area contributed by atoms with Crippen molar-refractivity contribution in [2.75, 3.05) is 20.2 Å². The second-order valence-corrected chi connectivity index (χ2v) is 9.34. The molecule has 1 aliphatic rings. The Labute approximate surface area is 219 Å². The van der Waals surface area contributed by atoms with Gasteiger partial charge in [-0.15, -0.1) is 0 Å². The minimum absolute atomic E-state index is 0.0590. The molecule has 1 aromatic carbocycles. The molecule has 0 saturated carbocycles. The van der Waals surface area contributed by atoms with E-state index in [1.54, 1.807) is 41.4 Å². The number of hydrogen-bond acceptors (Lipinski definition) is 5. The molecule has 1 aliphatic heterocycles. The lowest BCUT2D eigenvalue weighted by molar-refractivity contribution is -0.125. The normalized spacial score (nSPS) is 14.2. The van der Waals surface area contributed by atoms with E-state index < -0.39 is 12.1 Å². The molecule has 2 N–H and O–H groups in total. The number of alkyl carbamates (subject to hydrolysis) is 1. The average molecular weight is 523 g/mol. The van der Waals surface area contributed by atoms with Crippen LogP contribution in [0.25, 0.3) is 10.9 Å². The van der Waals surface area contributed by atoms with Crippen molar-refractivity contribution in [3.63, 3.8) is 0 Å². The van der Waals surface area contributed by atoms with Gasteiger partial charge in [0.25, 0.3) is 5.56 Å². The zero-order chi connectivity index (χ0) is 27.1. The number of H-pyrrole nitrogens is 1. The molecule has 4 rings (SSSR count). The van der Waals surface area contributed by atoms with E-state index in [0.717, 1.165) is 37.1 Å². The molecule has 0 bridgehead atoms. The third kappa shape index (κ3) is 6.76. The fraction of sp³-hybridized carbons (Fsp3) is 0.357. The number of nitrogens with zero attached hydrogens (tertiary/aromatic N) is 2. The summed E-state index contributed by atoms with van der Waals surface area (Å²) in [6.07, 6.45) is 6.54. The van der Waals surface area contributed by atoms with Crippen LogP contribution in [0.4, 0.5) is 9.18 Å². The van der Waals surface area contributed by atoms with E-state index in [1.807, 2.05) is 0 Å². The number of Topliss-reactive ketones (excluding diaryl/α,β-unsaturated/α-hetero) is 1. The summed E-state index contributed by atoms with van der Waals surface area (Å²) in [7, 11) is 1.21.